The molecule has 0 spiro atoms. The lowest BCUT2D eigenvalue weighted by Crippen LogP contribution is -2.49. The normalized spacial score (nSPS) is 15.1. The lowest BCUT2D eigenvalue weighted by molar-refractivity contribution is -0.131. The number of thiophene rings is 1. The molecule has 0 aliphatic carbocycles. The molecule has 0 N–H and O–H groups in total. The molecule has 116 valence electrons. The number of aromatic nitrogens is 1. The predicted molar refractivity (Wildman–Crippen MR) is 90.3 cm³/mol. The molecule has 1 fully saturated rings. The smallest absolute Gasteiger partial charge is 0.222 e. The molecule has 3 rings (SSSR count). The Morgan fingerprint density at radius 3 is 2.68 bits per heavy atom. The fourth-order valence-corrected chi connectivity index (χ4v) is 3.50. The van der Waals surface area contributed by atoms with Crippen molar-refractivity contribution in [1.82, 2.24) is 9.88 Å². The number of pyridine rings is 1. The van der Waals surface area contributed by atoms with E-state index in [1.54, 1.807) is 11.3 Å². The van der Waals surface area contributed by atoms with E-state index in [0.29, 0.717) is 6.42 Å². The summed E-state index contributed by atoms with van der Waals surface area (Å²) in [5, 5.41) is 2.09. The molecular weight excluding hydrogens is 294 g/mol. The molecule has 0 atom stereocenters. The molecule has 0 unspecified atom stereocenters. The Bertz CT molecular complexity index is 577. The first kappa shape index (κ1) is 15.0. The Morgan fingerprint density at radius 1 is 1.14 bits per heavy atom. The van der Waals surface area contributed by atoms with Crippen molar-refractivity contribution in [2.45, 2.75) is 19.3 Å². The van der Waals surface area contributed by atoms with E-state index in [1.807, 2.05) is 29.3 Å². The van der Waals surface area contributed by atoms with Crippen molar-refractivity contribution in [2.24, 2.45) is 0 Å². The van der Waals surface area contributed by atoms with E-state index in [4.69, 9.17) is 0 Å². The molecule has 3 heterocycles. The van der Waals surface area contributed by atoms with Crippen LogP contribution in [-0.4, -0.2) is 42.0 Å². The standard InChI is InChI=1S/C17H21N3OS/c21-17(8-3-5-15-6-4-14-22-15)20-12-10-19(11-13-20)16-7-1-2-9-18-16/h1-2,4,6-7,9,14H,3,5,8,10-13H2. The second kappa shape index (κ2) is 7.40. The van der Waals surface area contributed by atoms with Gasteiger partial charge >= 0.3 is 0 Å². The second-order valence-corrected chi connectivity index (χ2v) is 6.52. The zero-order valence-corrected chi connectivity index (χ0v) is 13.5. The van der Waals surface area contributed by atoms with Gasteiger partial charge in [0, 0.05) is 43.7 Å². The van der Waals surface area contributed by atoms with Crippen LogP contribution in [0.3, 0.4) is 0 Å². The fourth-order valence-electron chi connectivity index (χ4n) is 2.75. The molecular formula is C17H21N3OS. The van der Waals surface area contributed by atoms with Crippen LogP contribution in [0, 0.1) is 0 Å². The summed E-state index contributed by atoms with van der Waals surface area (Å²) in [6, 6.07) is 10.2. The molecule has 2 aromatic rings. The first-order valence-corrected chi connectivity index (χ1v) is 8.67. The van der Waals surface area contributed by atoms with Crippen LogP contribution in [-0.2, 0) is 11.2 Å². The Morgan fingerprint density at radius 2 is 2.00 bits per heavy atom. The zero-order valence-electron chi connectivity index (χ0n) is 12.6. The van der Waals surface area contributed by atoms with Gasteiger partial charge in [0.25, 0.3) is 0 Å². The minimum absolute atomic E-state index is 0.289. The number of aryl methyl sites for hydroxylation is 1. The molecule has 1 aliphatic rings. The third kappa shape index (κ3) is 3.85. The molecule has 4 nitrogen and oxygen atoms in total. The van der Waals surface area contributed by atoms with E-state index in [9.17, 15) is 4.79 Å². The van der Waals surface area contributed by atoms with Gasteiger partial charge in [0.15, 0.2) is 0 Å². The molecule has 0 aromatic carbocycles. The predicted octanol–water partition coefficient (Wildman–Crippen LogP) is 2.81. The summed E-state index contributed by atoms with van der Waals surface area (Å²) in [4.78, 5) is 22.2. The molecule has 0 radical (unpaired) electrons. The van der Waals surface area contributed by atoms with E-state index in [-0.39, 0.29) is 5.91 Å². The second-order valence-electron chi connectivity index (χ2n) is 5.49. The summed E-state index contributed by atoms with van der Waals surface area (Å²) >= 11 is 1.77. The molecule has 1 aliphatic heterocycles. The lowest BCUT2D eigenvalue weighted by atomic mass is 10.2. The van der Waals surface area contributed by atoms with Gasteiger partial charge < -0.3 is 9.80 Å². The molecule has 22 heavy (non-hydrogen) atoms. The van der Waals surface area contributed by atoms with E-state index in [2.05, 4.69) is 27.4 Å². The highest BCUT2D eigenvalue weighted by Gasteiger charge is 2.21. The summed E-state index contributed by atoms with van der Waals surface area (Å²) in [6.45, 7) is 3.34. The summed E-state index contributed by atoms with van der Waals surface area (Å²) in [5.41, 5.74) is 0. The van der Waals surface area contributed by atoms with Gasteiger partial charge in [-0.2, -0.15) is 0 Å². The molecule has 1 amide bonds. The minimum Gasteiger partial charge on any atom is -0.353 e. The van der Waals surface area contributed by atoms with Gasteiger partial charge in [-0.15, -0.1) is 11.3 Å². The van der Waals surface area contributed by atoms with Crippen LogP contribution in [0.25, 0.3) is 0 Å². The van der Waals surface area contributed by atoms with E-state index in [0.717, 1.165) is 44.8 Å². The maximum Gasteiger partial charge on any atom is 0.222 e. The monoisotopic (exact) mass is 315 g/mol. The number of piperazine rings is 1. The van der Waals surface area contributed by atoms with Crippen molar-refractivity contribution in [3.05, 3.63) is 46.8 Å². The van der Waals surface area contributed by atoms with Crippen LogP contribution < -0.4 is 4.90 Å². The van der Waals surface area contributed by atoms with Crippen LogP contribution >= 0.6 is 11.3 Å². The third-order valence-electron chi connectivity index (χ3n) is 4.00. The Hall–Kier alpha value is -1.88. The van der Waals surface area contributed by atoms with Crippen molar-refractivity contribution in [2.75, 3.05) is 31.1 Å². The van der Waals surface area contributed by atoms with E-state index >= 15 is 0 Å². The van der Waals surface area contributed by atoms with Crippen molar-refractivity contribution in [3.8, 4) is 0 Å². The molecule has 0 saturated carbocycles. The third-order valence-corrected chi connectivity index (χ3v) is 4.94. The van der Waals surface area contributed by atoms with Gasteiger partial charge in [0.2, 0.25) is 5.91 Å². The van der Waals surface area contributed by atoms with Gasteiger partial charge in [-0.1, -0.05) is 12.1 Å². The highest BCUT2D eigenvalue weighted by molar-refractivity contribution is 7.09. The van der Waals surface area contributed by atoms with Gasteiger partial charge in [0.1, 0.15) is 5.82 Å². The average Bonchev–Trinajstić information content (AvgIpc) is 3.09. The Labute approximate surface area is 135 Å². The van der Waals surface area contributed by atoms with Crippen molar-refractivity contribution < 1.29 is 4.79 Å². The van der Waals surface area contributed by atoms with Crippen LogP contribution in [0.2, 0.25) is 0 Å². The van der Waals surface area contributed by atoms with E-state index < -0.39 is 0 Å². The van der Waals surface area contributed by atoms with E-state index in [1.165, 1.54) is 4.88 Å². The fraction of sp³-hybridized carbons (Fsp3) is 0.412. The minimum atomic E-state index is 0.289. The maximum atomic E-state index is 12.3. The van der Waals surface area contributed by atoms with Gasteiger partial charge in [-0.25, -0.2) is 4.98 Å². The number of rotatable bonds is 5. The lowest BCUT2D eigenvalue weighted by Gasteiger charge is -2.35. The first-order chi connectivity index (χ1) is 10.8. The number of carbonyl (C=O) groups excluding carboxylic acids is 1. The molecule has 1 saturated heterocycles. The first-order valence-electron chi connectivity index (χ1n) is 7.79. The van der Waals surface area contributed by atoms with Gasteiger partial charge in [-0.05, 0) is 36.4 Å². The highest BCUT2D eigenvalue weighted by atomic mass is 32.1. The SMILES string of the molecule is O=C(CCCc1cccs1)N1CCN(c2ccccn2)CC1. The van der Waals surface area contributed by atoms with Gasteiger partial charge in [0.05, 0.1) is 0 Å². The number of carbonyl (C=O) groups is 1. The number of nitrogens with zero attached hydrogens (tertiary/aromatic N) is 3. The van der Waals surface area contributed by atoms with Crippen LogP contribution in [0.1, 0.15) is 17.7 Å². The van der Waals surface area contributed by atoms with Crippen molar-refractivity contribution in [1.29, 1.82) is 0 Å². The average molecular weight is 315 g/mol. The van der Waals surface area contributed by atoms with Crippen LogP contribution in [0.15, 0.2) is 41.9 Å². The number of hydrogen-bond donors (Lipinski definition) is 0. The van der Waals surface area contributed by atoms with Crippen molar-refractivity contribution >= 4 is 23.1 Å². The quantitative estimate of drug-likeness (QED) is 0.851. The van der Waals surface area contributed by atoms with Gasteiger partial charge in [-0.3, -0.25) is 4.79 Å². The molecule has 2 aromatic heterocycles. The topological polar surface area (TPSA) is 36.4 Å². The summed E-state index contributed by atoms with van der Waals surface area (Å²) < 4.78 is 0. The maximum absolute atomic E-state index is 12.3. The largest absolute Gasteiger partial charge is 0.353 e. The highest BCUT2D eigenvalue weighted by Crippen LogP contribution is 2.15. The number of anilines is 1. The van der Waals surface area contributed by atoms with Crippen molar-refractivity contribution in [3.63, 3.8) is 0 Å². The molecule has 5 heteroatoms. The summed E-state index contributed by atoms with van der Waals surface area (Å²) in [7, 11) is 0. The summed E-state index contributed by atoms with van der Waals surface area (Å²) in [6.07, 6.45) is 4.43. The van der Waals surface area contributed by atoms with Crippen LogP contribution in [0.4, 0.5) is 5.82 Å². The Kier molecular flexibility index (Phi) is 5.06. The Balaban J connectivity index is 1.42. The van der Waals surface area contributed by atoms with Crippen LogP contribution in [0.5, 0.6) is 0 Å². The summed E-state index contributed by atoms with van der Waals surface area (Å²) in [5.74, 6) is 1.30. The zero-order chi connectivity index (χ0) is 15.2. The number of amides is 1. The number of hydrogen-bond acceptors (Lipinski definition) is 4. The molecule has 0 bridgehead atoms.